The average Bonchev–Trinajstić information content (AvgIpc) is 2.81. The summed E-state index contributed by atoms with van der Waals surface area (Å²) in [5.41, 5.74) is 1.21. The second-order valence-corrected chi connectivity index (χ2v) is 7.61. The second kappa shape index (κ2) is 9.04. The molecule has 1 aliphatic rings. The van der Waals surface area contributed by atoms with Gasteiger partial charge in [-0.15, -0.1) is 10.2 Å². The van der Waals surface area contributed by atoms with E-state index in [1.165, 1.54) is 43.0 Å². The highest BCUT2D eigenvalue weighted by atomic mass is 32.2. The number of hydrogen-bond donors (Lipinski definition) is 1. The van der Waals surface area contributed by atoms with Crippen LogP contribution in [0.15, 0.2) is 35.5 Å². The molecule has 6 heteroatoms. The van der Waals surface area contributed by atoms with Crippen LogP contribution in [-0.2, 0) is 18.3 Å². The number of benzene rings is 1. The van der Waals surface area contributed by atoms with Crippen molar-refractivity contribution < 1.29 is 4.79 Å². The van der Waals surface area contributed by atoms with Crippen LogP contribution in [-0.4, -0.2) is 32.5 Å². The van der Waals surface area contributed by atoms with Crippen molar-refractivity contribution in [3.8, 4) is 0 Å². The van der Waals surface area contributed by atoms with Crippen molar-refractivity contribution in [1.82, 2.24) is 20.1 Å². The van der Waals surface area contributed by atoms with Gasteiger partial charge in [0.05, 0.1) is 5.75 Å². The highest BCUT2D eigenvalue weighted by molar-refractivity contribution is 7.99. The lowest BCUT2D eigenvalue weighted by Crippen LogP contribution is -2.35. The molecule has 0 atom stereocenters. The minimum atomic E-state index is 0.101. The van der Waals surface area contributed by atoms with Gasteiger partial charge in [0.25, 0.3) is 0 Å². The summed E-state index contributed by atoms with van der Waals surface area (Å²) in [5.74, 6) is 1.41. The van der Waals surface area contributed by atoms with E-state index in [0.29, 0.717) is 11.8 Å². The number of hydrogen-bond acceptors (Lipinski definition) is 4. The minimum absolute atomic E-state index is 0.101. The molecule has 0 spiro atoms. The largest absolute Gasteiger partial charge is 0.353 e. The molecule has 1 aromatic heterocycles. The van der Waals surface area contributed by atoms with Crippen molar-refractivity contribution in [3.05, 3.63) is 41.7 Å². The molecule has 1 heterocycles. The second-order valence-electron chi connectivity index (χ2n) is 6.66. The first kappa shape index (κ1) is 18.0. The third kappa shape index (κ3) is 5.33. The monoisotopic (exact) mass is 358 g/mol. The van der Waals surface area contributed by atoms with Crippen molar-refractivity contribution in [2.75, 3.05) is 5.75 Å². The first-order chi connectivity index (χ1) is 12.2. The molecule has 0 bridgehead atoms. The Balaban J connectivity index is 1.50. The van der Waals surface area contributed by atoms with Crippen LogP contribution in [0.5, 0.6) is 0 Å². The van der Waals surface area contributed by atoms with Gasteiger partial charge in [-0.2, -0.15) is 0 Å². The molecular formula is C19H26N4OS. The molecule has 2 aromatic rings. The lowest BCUT2D eigenvalue weighted by Gasteiger charge is -2.15. The van der Waals surface area contributed by atoms with Gasteiger partial charge in [-0.25, -0.2) is 0 Å². The van der Waals surface area contributed by atoms with E-state index in [1.54, 1.807) is 0 Å². The summed E-state index contributed by atoms with van der Waals surface area (Å²) in [6.45, 7) is 0. The van der Waals surface area contributed by atoms with E-state index in [0.717, 1.165) is 30.2 Å². The molecule has 0 aliphatic heterocycles. The molecule has 0 unspecified atom stereocenters. The van der Waals surface area contributed by atoms with Crippen molar-refractivity contribution in [1.29, 1.82) is 0 Å². The Morgan fingerprint density at radius 3 is 2.60 bits per heavy atom. The van der Waals surface area contributed by atoms with E-state index in [-0.39, 0.29) is 5.91 Å². The zero-order valence-corrected chi connectivity index (χ0v) is 15.6. The van der Waals surface area contributed by atoms with Crippen LogP contribution in [0.2, 0.25) is 0 Å². The number of aromatic nitrogens is 3. The number of rotatable bonds is 6. The van der Waals surface area contributed by atoms with Crippen LogP contribution in [0.1, 0.15) is 49.9 Å². The van der Waals surface area contributed by atoms with Crippen LogP contribution < -0.4 is 5.32 Å². The summed E-state index contributed by atoms with van der Waals surface area (Å²) < 4.78 is 1.98. The standard InChI is InChI=1S/C19H26N4OS/c1-23-17(13-15-9-5-4-6-10-15)21-22-19(23)25-14-18(24)20-16-11-7-2-3-8-12-16/h4-6,9-10,16H,2-3,7-8,11-14H2,1H3,(H,20,24). The van der Waals surface area contributed by atoms with Crippen LogP contribution >= 0.6 is 11.8 Å². The van der Waals surface area contributed by atoms with E-state index in [1.807, 2.05) is 29.8 Å². The topological polar surface area (TPSA) is 59.8 Å². The lowest BCUT2D eigenvalue weighted by molar-refractivity contribution is -0.119. The molecular weight excluding hydrogens is 332 g/mol. The normalized spacial score (nSPS) is 15.7. The maximum Gasteiger partial charge on any atom is 0.230 e. The Morgan fingerprint density at radius 1 is 1.16 bits per heavy atom. The predicted octanol–water partition coefficient (Wildman–Crippen LogP) is 3.34. The Bertz CT molecular complexity index is 678. The number of thioether (sulfide) groups is 1. The summed E-state index contributed by atoms with van der Waals surface area (Å²) in [6, 6.07) is 10.6. The number of carbonyl (C=O) groups excluding carboxylic acids is 1. The highest BCUT2D eigenvalue weighted by Crippen LogP contribution is 2.19. The third-order valence-corrected chi connectivity index (χ3v) is 5.70. The molecule has 1 fully saturated rings. The first-order valence-electron chi connectivity index (χ1n) is 9.07. The zero-order chi connectivity index (χ0) is 17.5. The van der Waals surface area contributed by atoms with E-state index in [2.05, 4.69) is 27.6 Å². The molecule has 134 valence electrons. The highest BCUT2D eigenvalue weighted by Gasteiger charge is 2.16. The molecule has 1 N–H and O–H groups in total. The SMILES string of the molecule is Cn1c(Cc2ccccc2)nnc1SCC(=O)NC1CCCCCC1. The van der Waals surface area contributed by atoms with Crippen molar-refractivity contribution in [2.24, 2.45) is 7.05 Å². The molecule has 1 aromatic carbocycles. The Labute approximate surface area is 153 Å². The summed E-state index contributed by atoms with van der Waals surface area (Å²) >= 11 is 1.46. The fourth-order valence-corrected chi connectivity index (χ4v) is 3.97. The molecule has 3 rings (SSSR count). The first-order valence-corrected chi connectivity index (χ1v) is 10.1. The van der Waals surface area contributed by atoms with Gasteiger partial charge >= 0.3 is 0 Å². The van der Waals surface area contributed by atoms with Crippen LogP contribution in [0, 0.1) is 0 Å². The Morgan fingerprint density at radius 2 is 1.88 bits per heavy atom. The van der Waals surface area contributed by atoms with Gasteiger partial charge in [-0.1, -0.05) is 67.8 Å². The lowest BCUT2D eigenvalue weighted by atomic mass is 10.1. The van der Waals surface area contributed by atoms with Gasteiger partial charge < -0.3 is 9.88 Å². The predicted molar refractivity (Wildman–Crippen MR) is 101 cm³/mol. The van der Waals surface area contributed by atoms with E-state index >= 15 is 0 Å². The zero-order valence-electron chi connectivity index (χ0n) is 14.8. The van der Waals surface area contributed by atoms with E-state index < -0.39 is 0 Å². The maximum atomic E-state index is 12.2. The van der Waals surface area contributed by atoms with Gasteiger partial charge in [-0.3, -0.25) is 4.79 Å². The van der Waals surface area contributed by atoms with Gasteiger partial charge in [0, 0.05) is 19.5 Å². The number of amides is 1. The molecule has 1 amide bonds. The smallest absolute Gasteiger partial charge is 0.230 e. The summed E-state index contributed by atoms with van der Waals surface area (Å²) in [4.78, 5) is 12.2. The number of nitrogens with zero attached hydrogens (tertiary/aromatic N) is 3. The van der Waals surface area contributed by atoms with Crippen LogP contribution in [0.4, 0.5) is 0 Å². The van der Waals surface area contributed by atoms with Crippen molar-refractivity contribution in [2.45, 2.75) is 56.1 Å². The Kier molecular flexibility index (Phi) is 6.50. The van der Waals surface area contributed by atoms with Gasteiger partial charge in [-0.05, 0) is 18.4 Å². The average molecular weight is 359 g/mol. The molecule has 1 aliphatic carbocycles. The number of nitrogens with one attached hydrogen (secondary N) is 1. The fourth-order valence-electron chi connectivity index (χ4n) is 3.23. The van der Waals surface area contributed by atoms with Gasteiger partial charge in [0.2, 0.25) is 5.91 Å². The van der Waals surface area contributed by atoms with Crippen molar-refractivity contribution in [3.63, 3.8) is 0 Å². The van der Waals surface area contributed by atoms with Gasteiger partial charge in [0.15, 0.2) is 5.16 Å². The molecule has 1 saturated carbocycles. The van der Waals surface area contributed by atoms with Gasteiger partial charge in [0.1, 0.15) is 5.82 Å². The number of carbonyl (C=O) groups is 1. The molecule has 0 saturated heterocycles. The molecule has 25 heavy (non-hydrogen) atoms. The minimum Gasteiger partial charge on any atom is -0.353 e. The summed E-state index contributed by atoms with van der Waals surface area (Å²) in [6.07, 6.45) is 8.02. The summed E-state index contributed by atoms with van der Waals surface area (Å²) in [7, 11) is 1.96. The fraction of sp³-hybridized carbons (Fsp3) is 0.526. The molecule has 5 nitrogen and oxygen atoms in total. The quantitative estimate of drug-likeness (QED) is 0.635. The Hall–Kier alpha value is -1.82. The maximum absolute atomic E-state index is 12.2. The van der Waals surface area contributed by atoms with E-state index in [4.69, 9.17) is 0 Å². The van der Waals surface area contributed by atoms with E-state index in [9.17, 15) is 4.79 Å². The van der Waals surface area contributed by atoms with Crippen LogP contribution in [0.25, 0.3) is 0 Å². The summed E-state index contributed by atoms with van der Waals surface area (Å²) in [5, 5.41) is 12.5. The van der Waals surface area contributed by atoms with Crippen LogP contribution in [0.3, 0.4) is 0 Å². The third-order valence-electron chi connectivity index (χ3n) is 4.68. The van der Waals surface area contributed by atoms with Crippen molar-refractivity contribution >= 4 is 17.7 Å². The molecule has 0 radical (unpaired) electrons.